The molecule has 1 rings (SSSR count). The summed E-state index contributed by atoms with van der Waals surface area (Å²) in [6.45, 7) is 3.90. The molecule has 0 spiro atoms. The number of ether oxygens (including phenoxy) is 1. The molecule has 1 aromatic carbocycles. The van der Waals surface area contributed by atoms with Gasteiger partial charge in [-0.2, -0.15) is 0 Å². The van der Waals surface area contributed by atoms with E-state index in [-0.39, 0.29) is 0 Å². The third-order valence-electron chi connectivity index (χ3n) is 2.32. The van der Waals surface area contributed by atoms with Crippen LogP contribution in [-0.4, -0.2) is 20.3 Å². The molecule has 15 heavy (non-hydrogen) atoms. The van der Waals surface area contributed by atoms with Gasteiger partial charge in [0.2, 0.25) is 0 Å². The van der Waals surface area contributed by atoms with Gasteiger partial charge in [0.25, 0.3) is 0 Å². The molecule has 0 bridgehead atoms. The molecule has 84 valence electrons. The lowest BCUT2D eigenvalue weighted by Crippen LogP contribution is -2.20. The van der Waals surface area contributed by atoms with Gasteiger partial charge in [0.1, 0.15) is 0 Å². The molecule has 0 fully saturated rings. The summed E-state index contributed by atoms with van der Waals surface area (Å²) in [7, 11) is 1.72. The van der Waals surface area contributed by atoms with Crippen molar-refractivity contribution in [2.45, 2.75) is 19.4 Å². The lowest BCUT2D eigenvalue weighted by atomic mass is 10.1. The van der Waals surface area contributed by atoms with Crippen LogP contribution in [0.2, 0.25) is 5.02 Å². The number of methoxy groups -OCH3 is 1. The first-order valence-electron chi connectivity index (χ1n) is 5.22. The van der Waals surface area contributed by atoms with Crippen molar-refractivity contribution in [1.29, 1.82) is 0 Å². The van der Waals surface area contributed by atoms with Gasteiger partial charge >= 0.3 is 0 Å². The van der Waals surface area contributed by atoms with E-state index in [4.69, 9.17) is 16.3 Å². The average Bonchev–Trinajstić information content (AvgIpc) is 2.24. The van der Waals surface area contributed by atoms with Crippen molar-refractivity contribution in [1.82, 2.24) is 5.32 Å². The minimum absolute atomic E-state index is 0.334. The Morgan fingerprint density at radius 3 is 2.93 bits per heavy atom. The number of hydrogen-bond acceptors (Lipinski definition) is 2. The highest BCUT2D eigenvalue weighted by Gasteiger charge is 2.03. The Kier molecular flexibility index (Phi) is 5.69. The summed E-state index contributed by atoms with van der Waals surface area (Å²) < 4.78 is 4.99. The average molecular weight is 228 g/mol. The molecule has 3 heteroatoms. The first-order chi connectivity index (χ1) is 7.24. The van der Waals surface area contributed by atoms with Crippen molar-refractivity contribution in [3.05, 3.63) is 34.9 Å². The van der Waals surface area contributed by atoms with Gasteiger partial charge in [-0.1, -0.05) is 23.7 Å². The summed E-state index contributed by atoms with van der Waals surface area (Å²) in [5.74, 6) is 0. The third-order valence-corrected chi connectivity index (χ3v) is 2.56. The van der Waals surface area contributed by atoms with Crippen molar-refractivity contribution < 1.29 is 4.74 Å². The van der Waals surface area contributed by atoms with Crippen molar-refractivity contribution >= 4 is 11.6 Å². The van der Waals surface area contributed by atoms with E-state index in [2.05, 4.69) is 18.3 Å². The van der Waals surface area contributed by atoms with Gasteiger partial charge in [-0.3, -0.25) is 0 Å². The number of halogens is 1. The second kappa shape index (κ2) is 6.83. The lowest BCUT2D eigenvalue weighted by Gasteiger charge is -2.14. The predicted octanol–water partition coefficient (Wildman–Crippen LogP) is 3.03. The van der Waals surface area contributed by atoms with Gasteiger partial charge in [0, 0.05) is 24.8 Å². The van der Waals surface area contributed by atoms with E-state index >= 15 is 0 Å². The minimum atomic E-state index is 0.334. The molecule has 0 heterocycles. The van der Waals surface area contributed by atoms with Crippen molar-refractivity contribution in [3.8, 4) is 0 Å². The highest BCUT2D eigenvalue weighted by atomic mass is 35.5. The fraction of sp³-hybridized carbons (Fsp3) is 0.500. The van der Waals surface area contributed by atoms with Crippen LogP contribution in [0, 0.1) is 0 Å². The van der Waals surface area contributed by atoms with Gasteiger partial charge < -0.3 is 10.1 Å². The molecule has 1 N–H and O–H groups in total. The van der Waals surface area contributed by atoms with E-state index in [1.54, 1.807) is 7.11 Å². The van der Waals surface area contributed by atoms with Gasteiger partial charge in [0.15, 0.2) is 0 Å². The summed E-state index contributed by atoms with van der Waals surface area (Å²) in [6, 6.07) is 8.28. The van der Waals surface area contributed by atoms with Crippen LogP contribution in [-0.2, 0) is 4.74 Å². The Balaban J connectivity index is 2.36. The van der Waals surface area contributed by atoms with Crippen LogP contribution in [0.15, 0.2) is 24.3 Å². The van der Waals surface area contributed by atoms with E-state index in [9.17, 15) is 0 Å². The quantitative estimate of drug-likeness (QED) is 0.755. The summed E-state index contributed by atoms with van der Waals surface area (Å²) in [5.41, 5.74) is 1.22. The summed E-state index contributed by atoms with van der Waals surface area (Å²) in [5, 5.41) is 4.21. The van der Waals surface area contributed by atoms with Crippen LogP contribution in [0.1, 0.15) is 24.9 Å². The van der Waals surface area contributed by atoms with Crippen molar-refractivity contribution in [3.63, 3.8) is 0 Å². The van der Waals surface area contributed by atoms with E-state index in [0.29, 0.717) is 6.04 Å². The molecular weight excluding hydrogens is 210 g/mol. The number of benzene rings is 1. The molecule has 1 aromatic rings. The second-order valence-corrected chi connectivity index (χ2v) is 4.01. The van der Waals surface area contributed by atoms with Crippen LogP contribution >= 0.6 is 11.6 Å². The molecule has 0 aromatic heterocycles. The molecule has 2 nitrogen and oxygen atoms in total. The molecule has 0 radical (unpaired) electrons. The first kappa shape index (κ1) is 12.5. The molecule has 0 aliphatic heterocycles. The summed E-state index contributed by atoms with van der Waals surface area (Å²) >= 11 is 5.92. The largest absolute Gasteiger partial charge is 0.385 e. The molecule has 1 atom stereocenters. The van der Waals surface area contributed by atoms with Crippen LogP contribution in [0.3, 0.4) is 0 Å². The molecule has 0 saturated carbocycles. The Hall–Kier alpha value is -0.570. The smallest absolute Gasteiger partial charge is 0.0474 e. The van der Waals surface area contributed by atoms with Crippen LogP contribution in [0.25, 0.3) is 0 Å². The van der Waals surface area contributed by atoms with Gasteiger partial charge in [0.05, 0.1) is 0 Å². The fourth-order valence-corrected chi connectivity index (χ4v) is 1.63. The Labute approximate surface area is 96.6 Å². The van der Waals surface area contributed by atoms with Gasteiger partial charge in [-0.25, -0.2) is 0 Å². The van der Waals surface area contributed by atoms with Crippen LogP contribution in [0.5, 0.6) is 0 Å². The third kappa shape index (κ3) is 4.65. The Morgan fingerprint density at radius 1 is 1.47 bits per heavy atom. The molecular formula is C12H18ClNO. The van der Waals surface area contributed by atoms with E-state index < -0.39 is 0 Å². The van der Waals surface area contributed by atoms with Crippen molar-refractivity contribution in [2.75, 3.05) is 20.3 Å². The number of nitrogens with one attached hydrogen (secondary N) is 1. The molecule has 0 aliphatic rings. The number of hydrogen-bond donors (Lipinski definition) is 1. The monoisotopic (exact) mass is 227 g/mol. The zero-order valence-electron chi connectivity index (χ0n) is 9.29. The van der Waals surface area contributed by atoms with E-state index in [0.717, 1.165) is 24.6 Å². The normalized spacial score (nSPS) is 12.7. The van der Waals surface area contributed by atoms with E-state index in [1.807, 2.05) is 18.2 Å². The maximum absolute atomic E-state index is 5.92. The lowest BCUT2D eigenvalue weighted by molar-refractivity contribution is 0.193. The van der Waals surface area contributed by atoms with E-state index in [1.165, 1.54) is 5.56 Å². The zero-order valence-corrected chi connectivity index (χ0v) is 10.1. The molecule has 0 unspecified atom stereocenters. The zero-order chi connectivity index (χ0) is 11.1. The van der Waals surface area contributed by atoms with Gasteiger partial charge in [-0.05, 0) is 37.6 Å². The van der Waals surface area contributed by atoms with Crippen LogP contribution in [0.4, 0.5) is 0 Å². The van der Waals surface area contributed by atoms with Gasteiger partial charge in [-0.15, -0.1) is 0 Å². The molecule has 0 saturated heterocycles. The van der Waals surface area contributed by atoms with Crippen molar-refractivity contribution in [2.24, 2.45) is 0 Å². The van der Waals surface area contributed by atoms with Crippen LogP contribution < -0.4 is 5.32 Å². The molecule has 0 amide bonds. The molecule has 0 aliphatic carbocycles. The minimum Gasteiger partial charge on any atom is -0.385 e. The topological polar surface area (TPSA) is 21.3 Å². The highest BCUT2D eigenvalue weighted by Crippen LogP contribution is 2.16. The highest BCUT2D eigenvalue weighted by molar-refractivity contribution is 6.30. The summed E-state index contributed by atoms with van der Waals surface area (Å²) in [6.07, 6.45) is 1.03. The summed E-state index contributed by atoms with van der Waals surface area (Å²) in [4.78, 5) is 0. The predicted molar refractivity (Wildman–Crippen MR) is 64.4 cm³/mol. The standard InChI is InChI=1S/C12H18ClNO/c1-10(14-7-4-8-15-2)11-5-3-6-12(13)9-11/h3,5-6,9-10,14H,4,7-8H2,1-2H3/t10-/m0/s1. The maximum atomic E-state index is 5.92. The maximum Gasteiger partial charge on any atom is 0.0474 e. The Bertz CT molecular complexity index is 291. The fourth-order valence-electron chi connectivity index (χ4n) is 1.43. The Morgan fingerprint density at radius 2 is 2.27 bits per heavy atom. The number of rotatable bonds is 6. The SMILES string of the molecule is COCCCN[C@@H](C)c1cccc(Cl)c1. The first-order valence-corrected chi connectivity index (χ1v) is 5.59. The second-order valence-electron chi connectivity index (χ2n) is 3.58.